The molecule has 1 aliphatic heterocycles. The molecule has 2 aliphatic rings. The van der Waals surface area contributed by atoms with Gasteiger partial charge in [-0.1, -0.05) is 31.0 Å². The molecule has 4 heteroatoms. The molecule has 0 unspecified atom stereocenters. The van der Waals surface area contributed by atoms with E-state index in [1.807, 2.05) is 6.07 Å². The van der Waals surface area contributed by atoms with E-state index in [0.717, 1.165) is 24.5 Å². The quantitative estimate of drug-likeness (QED) is 0.586. The van der Waals surface area contributed by atoms with Crippen LogP contribution >= 0.6 is 0 Å². The van der Waals surface area contributed by atoms with Crippen molar-refractivity contribution in [2.45, 2.75) is 52.1 Å². The van der Waals surface area contributed by atoms with Crippen LogP contribution in [0.15, 0.2) is 42.6 Å². The summed E-state index contributed by atoms with van der Waals surface area (Å²) in [5, 5.41) is 1.22. The minimum Gasteiger partial charge on any atom is -0.494 e. The zero-order valence-corrected chi connectivity index (χ0v) is 17.6. The third-order valence-corrected chi connectivity index (χ3v) is 6.72. The number of fused-ring (bicyclic) bond motifs is 3. The largest absolute Gasteiger partial charge is 0.494 e. The van der Waals surface area contributed by atoms with Crippen LogP contribution in [0, 0.1) is 13.8 Å². The summed E-state index contributed by atoms with van der Waals surface area (Å²) in [6.07, 6.45) is 7.26. The van der Waals surface area contributed by atoms with Crippen molar-refractivity contribution in [1.29, 1.82) is 0 Å². The Bertz CT molecular complexity index is 1060. The Labute approximate surface area is 173 Å². The van der Waals surface area contributed by atoms with Crippen molar-refractivity contribution in [3.05, 3.63) is 59.3 Å². The predicted molar refractivity (Wildman–Crippen MR) is 120 cm³/mol. The number of aromatic nitrogens is 1. The van der Waals surface area contributed by atoms with Gasteiger partial charge in [0.1, 0.15) is 11.3 Å². The molecule has 29 heavy (non-hydrogen) atoms. The number of methoxy groups -OCH3 is 1. The molecule has 0 atom stereocenters. The summed E-state index contributed by atoms with van der Waals surface area (Å²) >= 11 is 0. The molecule has 150 valence electrons. The number of nitrogens with zero attached hydrogens (tertiary/aromatic N) is 3. The van der Waals surface area contributed by atoms with Crippen molar-refractivity contribution in [3.63, 3.8) is 0 Å². The van der Waals surface area contributed by atoms with Gasteiger partial charge < -0.3 is 14.5 Å². The van der Waals surface area contributed by atoms with Crippen molar-refractivity contribution in [1.82, 2.24) is 4.98 Å². The first-order valence-electron chi connectivity index (χ1n) is 10.7. The number of hydrogen-bond donors (Lipinski definition) is 0. The highest BCUT2D eigenvalue weighted by molar-refractivity contribution is 5.97. The Hall–Kier alpha value is -2.75. The Morgan fingerprint density at radius 2 is 1.86 bits per heavy atom. The number of hydrogen-bond acceptors (Lipinski definition) is 4. The van der Waals surface area contributed by atoms with Crippen LogP contribution in [0.5, 0.6) is 5.75 Å². The van der Waals surface area contributed by atoms with Crippen LogP contribution in [0.1, 0.15) is 42.4 Å². The highest BCUT2D eigenvalue weighted by Crippen LogP contribution is 2.41. The lowest BCUT2D eigenvalue weighted by atomic mass is 10.0. The van der Waals surface area contributed by atoms with Crippen LogP contribution in [-0.4, -0.2) is 24.8 Å². The van der Waals surface area contributed by atoms with E-state index in [1.165, 1.54) is 59.1 Å². The average Bonchev–Trinajstić information content (AvgIpc) is 3.29. The molecule has 0 amide bonds. The third-order valence-electron chi connectivity index (χ3n) is 6.72. The molecule has 0 N–H and O–H groups in total. The molecule has 2 heterocycles. The molecule has 1 aromatic heterocycles. The maximum atomic E-state index is 5.60. The van der Waals surface area contributed by atoms with Gasteiger partial charge in [-0.25, -0.2) is 0 Å². The van der Waals surface area contributed by atoms with Crippen LogP contribution in [0.4, 0.5) is 11.4 Å². The molecule has 1 saturated carbocycles. The fourth-order valence-corrected chi connectivity index (χ4v) is 4.96. The van der Waals surface area contributed by atoms with Crippen LogP contribution in [0.3, 0.4) is 0 Å². The van der Waals surface area contributed by atoms with E-state index in [2.05, 4.69) is 60.2 Å². The number of benzene rings is 2. The van der Waals surface area contributed by atoms with Crippen LogP contribution in [0.2, 0.25) is 0 Å². The molecule has 1 aliphatic carbocycles. The maximum absolute atomic E-state index is 5.60. The molecule has 1 fully saturated rings. The molecule has 4 nitrogen and oxygen atoms in total. The summed E-state index contributed by atoms with van der Waals surface area (Å²) in [6, 6.07) is 13.7. The van der Waals surface area contributed by atoms with Gasteiger partial charge in [0.05, 0.1) is 19.5 Å². The molecule has 5 rings (SSSR count). The van der Waals surface area contributed by atoms with Crippen molar-refractivity contribution < 1.29 is 4.74 Å². The summed E-state index contributed by atoms with van der Waals surface area (Å²) in [5.74, 6) is 0.855. The number of para-hydroxylation sites is 1. The highest BCUT2D eigenvalue weighted by Gasteiger charge is 2.32. The lowest BCUT2D eigenvalue weighted by Gasteiger charge is -2.43. The zero-order chi connectivity index (χ0) is 20.0. The smallest absolute Gasteiger partial charge is 0.145 e. The van der Waals surface area contributed by atoms with Gasteiger partial charge in [-0.2, -0.15) is 0 Å². The minimum absolute atomic E-state index is 0.597. The van der Waals surface area contributed by atoms with Gasteiger partial charge in [0.15, 0.2) is 0 Å². The predicted octanol–water partition coefficient (Wildman–Crippen LogP) is 5.59. The molecule has 0 bridgehead atoms. The lowest BCUT2D eigenvalue weighted by Crippen LogP contribution is -2.47. The van der Waals surface area contributed by atoms with E-state index in [1.54, 1.807) is 7.11 Å². The molecule has 0 radical (unpaired) electrons. The van der Waals surface area contributed by atoms with E-state index < -0.39 is 0 Å². The Morgan fingerprint density at radius 1 is 1.03 bits per heavy atom. The van der Waals surface area contributed by atoms with E-state index >= 15 is 0 Å². The second kappa shape index (κ2) is 7.25. The highest BCUT2D eigenvalue weighted by atomic mass is 16.5. The molecule has 3 aromatic rings. The SMILES string of the molecule is COc1cccc2c3c(cnc12)CN(c1ccc(C)c(C)c1)CN3C1CCCC1. The first-order chi connectivity index (χ1) is 14.2. The topological polar surface area (TPSA) is 28.6 Å². The second-order valence-electron chi connectivity index (χ2n) is 8.50. The number of anilines is 2. The van der Waals surface area contributed by atoms with Crippen molar-refractivity contribution in [2.24, 2.45) is 0 Å². The number of rotatable bonds is 3. The van der Waals surface area contributed by atoms with E-state index in [-0.39, 0.29) is 0 Å². The Kier molecular flexibility index (Phi) is 4.57. The molecule has 0 spiro atoms. The van der Waals surface area contributed by atoms with Gasteiger partial charge in [-0.3, -0.25) is 4.98 Å². The first kappa shape index (κ1) is 18.3. The zero-order valence-electron chi connectivity index (χ0n) is 17.6. The summed E-state index contributed by atoms with van der Waals surface area (Å²) in [5.41, 5.74) is 7.63. The maximum Gasteiger partial charge on any atom is 0.145 e. The van der Waals surface area contributed by atoms with E-state index in [9.17, 15) is 0 Å². The van der Waals surface area contributed by atoms with Crippen molar-refractivity contribution >= 4 is 22.3 Å². The summed E-state index contributed by atoms with van der Waals surface area (Å²) < 4.78 is 5.60. The fourth-order valence-electron chi connectivity index (χ4n) is 4.96. The summed E-state index contributed by atoms with van der Waals surface area (Å²) in [7, 11) is 1.73. The monoisotopic (exact) mass is 387 g/mol. The third kappa shape index (κ3) is 3.11. The van der Waals surface area contributed by atoms with Gasteiger partial charge in [0.2, 0.25) is 0 Å². The molecule has 0 saturated heterocycles. The van der Waals surface area contributed by atoms with Gasteiger partial charge in [0, 0.05) is 35.4 Å². The molecular weight excluding hydrogens is 358 g/mol. The minimum atomic E-state index is 0.597. The fraction of sp³-hybridized carbons (Fsp3) is 0.400. The standard InChI is InChI=1S/C25H29N3O/c1-17-11-12-21(13-18(17)2)27-15-19-14-26-24-22(9-6-10-23(24)29-3)25(19)28(16-27)20-7-4-5-8-20/h6,9-14,20H,4-5,7-8,15-16H2,1-3H3. The number of ether oxygens (including phenoxy) is 1. The molecule has 2 aromatic carbocycles. The average molecular weight is 388 g/mol. The molecular formula is C25H29N3O. The van der Waals surface area contributed by atoms with Crippen LogP contribution < -0.4 is 14.5 Å². The normalized spacial score (nSPS) is 17.1. The van der Waals surface area contributed by atoms with Crippen LogP contribution in [-0.2, 0) is 6.54 Å². The van der Waals surface area contributed by atoms with Crippen molar-refractivity contribution in [2.75, 3.05) is 23.6 Å². The van der Waals surface area contributed by atoms with E-state index in [4.69, 9.17) is 9.72 Å². The summed E-state index contributed by atoms with van der Waals surface area (Å²) in [4.78, 5) is 9.95. The second-order valence-corrected chi connectivity index (χ2v) is 8.50. The van der Waals surface area contributed by atoms with Gasteiger partial charge in [-0.15, -0.1) is 0 Å². The van der Waals surface area contributed by atoms with Crippen LogP contribution in [0.25, 0.3) is 10.9 Å². The van der Waals surface area contributed by atoms with Gasteiger partial charge in [0.25, 0.3) is 0 Å². The number of pyridine rings is 1. The number of aryl methyl sites for hydroxylation is 2. The first-order valence-corrected chi connectivity index (χ1v) is 10.7. The van der Waals surface area contributed by atoms with Crippen molar-refractivity contribution in [3.8, 4) is 5.75 Å². The summed E-state index contributed by atoms with van der Waals surface area (Å²) in [6.45, 7) is 6.20. The Morgan fingerprint density at radius 3 is 2.62 bits per heavy atom. The van der Waals surface area contributed by atoms with E-state index in [0.29, 0.717) is 6.04 Å². The van der Waals surface area contributed by atoms with Gasteiger partial charge in [-0.05, 0) is 56.0 Å². The Balaban J connectivity index is 1.64. The van der Waals surface area contributed by atoms with Gasteiger partial charge >= 0.3 is 0 Å². The lowest BCUT2D eigenvalue weighted by molar-refractivity contribution is 0.419.